The van der Waals surface area contributed by atoms with Gasteiger partial charge in [0.2, 0.25) is 0 Å². The van der Waals surface area contributed by atoms with E-state index in [1.54, 1.807) is 7.05 Å². The molecule has 16 heavy (non-hydrogen) atoms. The number of nitrogens with zero attached hydrogens (tertiary/aromatic N) is 1. The molecule has 0 unspecified atom stereocenters. The van der Waals surface area contributed by atoms with Gasteiger partial charge in [-0.2, -0.15) is 0 Å². The van der Waals surface area contributed by atoms with Gasteiger partial charge in [0.15, 0.2) is 0 Å². The second-order valence-electron chi connectivity index (χ2n) is 2.99. The van der Waals surface area contributed by atoms with E-state index in [2.05, 4.69) is 4.99 Å². The number of hydrogen-bond donors (Lipinski definition) is 1. The highest BCUT2D eigenvalue weighted by Gasteiger charge is 1.96. The fourth-order valence-electron chi connectivity index (χ4n) is 1.26. The van der Waals surface area contributed by atoms with Crippen molar-refractivity contribution in [2.75, 3.05) is 7.05 Å². The molecule has 0 radical (unpaired) electrons. The highest BCUT2D eigenvalue weighted by Crippen LogP contribution is 2.13. The first-order chi connectivity index (χ1) is 7.81. The summed E-state index contributed by atoms with van der Waals surface area (Å²) in [4.78, 5) is 3.98. The van der Waals surface area contributed by atoms with E-state index in [-0.39, 0.29) is 6.61 Å². The van der Waals surface area contributed by atoms with Crippen LogP contribution < -0.4 is 0 Å². The second-order valence-corrected chi connectivity index (χ2v) is 2.99. The predicted molar refractivity (Wildman–Crippen MR) is 71.8 cm³/mol. The van der Waals surface area contributed by atoms with Gasteiger partial charge >= 0.3 is 0 Å². The molecule has 0 aliphatic rings. The Morgan fingerprint density at radius 2 is 1.81 bits per heavy atom. The van der Waals surface area contributed by atoms with Crippen LogP contribution in [0.5, 0.6) is 0 Å². The van der Waals surface area contributed by atoms with Crippen LogP contribution in [0.15, 0.2) is 35.3 Å². The van der Waals surface area contributed by atoms with Gasteiger partial charge in [0.1, 0.15) is 0 Å². The minimum absolute atomic E-state index is 0.0906. The lowest BCUT2D eigenvalue weighted by atomic mass is 10.1. The number of rotatable bonds is 3. The van der Waals surface area contributed by atoms with E-state index in [0.717, 1.165) is 16.7 Å². The first kappa shape index (κ1) is 14.6. The molecule has 1 aromatic rings. The quantitative estimate of drug-likeness (QED) is 0.777. The van der Waals surface area contributed by atoms with Crippen LogP contribution in [0.4, 0.5) is 0 Å². The van der Waals surface area contributed by atoms with Gasteiger partial charge in [0.25, 0.3) is 0 Å². The normalized spacial score (nSPS) is 11.2. The molecule has 1 aromatic carbocycles. The van der Waals surface area contributed by atoms with Crippen LogP contribution in [0.3, 0.4) is 0 Å². The fourth-order valence-corrected chi connectivity index (χ4v) is 1.26. The molecule has 0 bridgehead atoms. The van der Waals surface area contributed by atoms with Crippen LogP contribution in [0.1, 0.15) is 31.9 Å². The van der Waals surface area contributed by atoms with Crippen LogP contribution in [-0.2, 0) is 6.61 Å². The second kappa shape index (κ2) is 8.86. The van der Waals surface area contributed by atoms with E-state index in [0.29, 0.717) is 0 Å². The molecule has 0 saturated heterocycles. The monoisotopic (exact) mass is 219 g/mol. The minimum Gasteiger partial charge on any atom is -0.392 e. The SMILES string of the molecule is C/C=C(\C=NC)c1ccc(CO)cc1.CC. The third-order valence-electron chi connectivity index (χ3n) is 2.05. The Kier molecular flexibility index (Phi) is 8.08. The van der Waals surface area contributed by atoms with Gasteiger partial charge in [0, 0.05) is 13.3 Å². The van der Waals surface area contributed by atoms with E-state index in [9.17, 15) is 0 Å². The molecule has 0 aromatic heterocycles. The van der Waals surface area contributed by atoms with Crippen molar-refractivity contribution >= 4 is 11.8 Å². The summed E-state index contributed by atoms with van der Waals surface area (Å²) < 4.78 is 0. The molecule has 0 heterocycles. The fraction of sp³-hybridized carbons (Fsp3) is 0.357. The lowest BCUT2D eigenvalue weighted by molar-refractivity contribution is 0.282. The molecule has 0 aliphatic carbocycles. The van der Waals surface area contributed by atoms with Crippen molar-refractivity contribution < 1.29 is 5.11 Å². The summed E-state index contributed by atoms with van der Waals surface area (Å²) in [6.45, 7) is 6.07. The predicted octanol–water partition coefficient (Wildman–Crippen LogP) is 3.31. The van der Waals surface area contributed by atoms with Crippen molar-refractivity contribution in [2.24, 2.45) is 4.99 Å². The maximum atomic E-state index is 8.89. The molecular formula is C14H21NO. The van der Waals surface area contributed by atoms with Crippen LogP contribution in [-0.4, -0.2) is 18.4 Å². The Labute approximate surface area is 98.4 Å². The number of aliphatic hydroxyl groups excluding tert-OH is 1. The largest absolute Gasteiger partial charge is 0.392 e. The van der Waals surface area contributed by atoms with Gasteiger partial charge in [0.05, 0.1) is 6.61 Å². The standard InChI is InChI=1S/C12H15NO.C2H6/c1-3-11(8-13-2)12-6-4-10(9-14)5-7-12;1-2/h3-8,14H,9H2,1-2H3;1-2H3/b11-3+,13-8?;. The summed E-state index contributed by atoms with van der Waals surface area (Å²) in [5.74, 6) is 0. The zero-order valence-corrected chi connectivity index (χ0v) is 10.6. The van der Waals surface area contributed by atoms with Gasteiger partial charge in [-0.25, -0.2) is 0 Å². The number of benzene rings is 1. The molecule has 0 atom stereocenters. The first-order valence-corrected chi connectivity index (χ1v) is 5.60. The Bertz CT molecular complexity index is 336. The summed E-state index contributed by atoms with van der Waals surface area (Å²) in [7, 11) is 1.76. The van der Waals surface area contributed by atoms with Crippen molar-refractivity contribution in [3.63, 3.8) is 0 Å². The molecule has 0 amide bonds. The van der Waals surface area contributed by atoms with E-state index >= 15 is 0 Å². The number of aliphatic imine (C=N–C) groups is 1. The molecule has 0 spiro atoms. The highest BCUT2D eigenvalue weighted by molar-refractivity contribution is 6.09. The molecule has 0 saturated carbocycles. The molecule has 2 nitrogen and oxygen atoms in total. The minimum atomic E-state index is 0.0906. The third kappa shape index (κ3) is 4.41. The summed E-state index contributed by atoms with van der Waals surface area (Å²) >= 11 is 0. The highest BCUT2D eigenvalue weighted by atomic mass is 16.3. The Morgan fingerprint density at radius 1 is 1.25 bits per heavy atom. The van der Waals surface area contributed by atoms with Crippen LogP contribution in [0.25, 0.3) is 5.57 Å². The molecule has 0 aliphatic heterocycles. The van der Waals surface area contributed by atoms with E-state index in [1.807, 2.05) is 57.3 Å². The van der Waals surface area contributed by atoms with Gasteiger partial charge in [-0.15, -0.1) is 0 Å². The lowest BCUT2D eigenvalue weighted by Crippen LogP contribution is -1.88. The Hall–Kier alpha value is -1.41. The molecule has 88 valence electrons. The summed E-state index contributed by atoms with van der Waals surface area (Å²) in [6.07, 6.45) is 3.84. The maximum Gasteiger partial charge on any atom is 0.0681 e. The number of allylic oxidation sites excluding steroid dienone is 2. The van der Waals surface area contributed by atoms with E-state index < -0.39 is 0 Å². The van der Waals surface area contributed by atoms with E-state index in [4.69, 9.17) is 5.11 Å². The van der Waals surface area contributed by atoms with Gasteiger partial charge in [-0.05, 0) is 23.6 Å². The van der Waals surface area contributed by atoms with Crippen LogP contribution >= 0.6 is 0 Å². The maximum absolute atomic E-state index is 8.89. The Balaban J connectivity index is 0.00000106. The van der Waals surface area contributed by atoms with Crippen molar-refractivity contribution in [3.8, 4) is 0 Å². The van der Waals surface area contributed by atoms with Crippen LogP contribution in [0.2, 0.25) is 0 Å². The Morgan fingerprint density at radius 3 is 2.19 bits per heavy atom. The third-order valence-corrected chi connectivity index (χ3v) is 2.05. The lowest BCUT2D eigenvalue weighted by Gasteiger charge is -2.02. The van der Waals surface area contributed by atoms with Gasteiger partial charge < -0.3 is 5.11 Å². The average molecular weight is 219 g/mol. The van der Waals surface area contributed by atoms with Gasteiger partial charge in [-0.1, -0.05) is 44.2 Å². The molecule has 1 N–H and O–H groups in total. The molecule has 1 rings (SSSR count). The topological polar surface area (TPSA) is 32.6 Å². The van der Waals surface area contributed by atoms with Crippen molar-refractivity contribution in [1.82, 2.24) is 0 Å². The van der Waals surface area contributed by atoms with Crippen molar-refractivity contribution in [2.45, 2.75) is 27.4 Å². The summed E-state index contributed by atoms with van der Waals surface area (Å²) in [5, 5.41) is 8.89. The van der Waals surface area contributed by atoms with Gasteiger partial charge in [-0.3, -0.25) is 4.99 Å². The zero-order valence-electron chi connectivity index (χ0n) is 10.6. The summed E-state index contributed by atoms with van der Waals surface area (Å²) in [5.41, 5.74) is 3.14. The number of hydrogen-bond acceptors (Lipinski definition) is 2. The number of aliphatic hydroxyl groups is 1. The molecular weight excluding hydrogens is 198 g/mol. The van der Waals surface area contributed by atoms with Crippen molar-refractivity contribution in [3.05, 3.63) is 41.5 Å². The zero-order chi connectivity index (χ0) is 12.4. The first-order valence-electron chi connectivity index (χ1n) is 5.60. The average Bonchev–Trinajstić information content (AvgIpc) is 2.38. The van der Waals surface area contributed by atoms with E-state index in [1.165, 1.54) is 0 Å². The van der Waals surface area contributed by atoms with Crippen LogP contribution in [0, 0.1) is 0 Å². The molecule has 0 fully saturated rings. The van der Waals surface area contributed by atoms with Crippen molar-refractivity contribution in [1.29, 1.82) is 0 Å². The smallest absolute Gasteiger partial charge is 0.0681 e. The molecule has 2 heteroatoms. The summed E-state index contributed by atoms with van der Waals surface area (Å²) in [6, 6.07) is 7.82.